The summed E-state index contributed by atoms with van der Waals surface area (Å²) in [5.74, 6) is -1.33. The molecule has 19 heavy (non-hydrogen) atoms. The van der Waals surface area contributed by atoms with Gasteiger partial charge in [-0.3, -0.25) is 4.79 Å². The lowest BCUT2D eigenvalue weighted by molar-refractivity contribution is 0.0697. The number of anilines is 1. The van der Waals surface area contributed by atoms with Crippen LogP contribution in [0.5, 0.6) is 0 Å². The highest BCUT2D eigenvalue weighted by Crippen LogP contribution is 2.33. The van der Waals surface area contributed by atoms with Crippen molar-refractivity contribution in [3.63, 3.8) is 0 Å². The van der Waals surface area contributed by atoms with Gasteiger partial charge in [0, 0.05) is 9.35 Å². The molecule has 0 unspecified atom stereocenters. The van der Waals surface area contributed by atoms with Gasteiger partial charge >= 0.3 is 5.97 Å². The second-order valence-corrected chi connectivity index (χ2v) is 6.84. The highest BCUT2D eigenvalue weighted by molar-refractivity contribution is 9.10. The van der Waals surface area contributed by atoms with E-state index in [0.717, 1.165) is 4.88 Å². The molecule has 100 valence electrons. The maximum atomic E-state index is 12.1. The Labute approximate surface area is 126 Å². The van der Waals surface area contributed by atoms with Gasteiger partial charge in [0.2, 0.25) is 0 Å². The van der Waals surface area contributed by atoms with Crippen LogP contribution in [0.4, 0.5) is 5.00 Å². The SMILES string of the molecule is Cc1sc(NC(=O)c2sccc2Br)c(C(=O)O)c1C. The van der Waals surface area contributed by atoms with Gasteiger partial charge in [0.25, 0.3) is 5.91 Å². The Bertz CT molecular complexity index is 660. The molecule has 0 aliphatic heterocycles. The molecule has 0 fully saturated rings. The molecule has 0 saturated carbocycles. The minimum atomic E-state index is -1.03. The van der Waals surface area contributed by atoms with E-state index in [1.165, 1.54) is 22.7 Å². The number of carbonyl (C=O) groups is 2. The highest BCUT2D eigenvalue weighted by Gasteiger charge is 2.21. The third-order valence-corrected chi connectivity index (χ3v) is 5.61. The first-order valence-electron chi connectivity index (χ1n) is 5.29. The Morgan fingerprint density at radius 1 is 1.37 bits per heavy atom. The zero-order chi connectivity index (χ0) is 14.2. The largest absolute Gasteiger partial charge is 0.478 e. The maximum Gasteiger partial charge on any atom is 0.338 e. The number of nitrogens with one attached hydrogen (secondary N) is 1. The van der Waals surface area contributed by atoms with Crippen molar-refractivity contribution in [1.29, 1.82) is 0 Å². The van der Waals surface area contributed by atoms with Crippen molar-refractivity contribution in [2.45, 2.75) is 13.8 Å². The summed E-state index contributed by atoms with van der Waals surface area (Å²) in [6.07, 6.45) is 0. The molecule has 0 radical (unpaired) electrons. The Morgan fingerprint density at radius 3 is 2.58 bits per heavy atom. The van der Waals surface area contributed by atoms with Gasteiger partial charge in [0.15, 0.2) is 0 Å². The lowest BCUT2D eigenvalue weighted by Gasteiger charge is -2.03. The van der Waals surface area contributed by atoms with Crippen LogP contribution in [0, 0.1) is 13.8 Å². The molecule has 0 spiro atoms. The minimum Gasteiger partial charge on any atom is -0.478 e. The van der Waals surface area contributed by atoms with Crippen molar-refractivity contribution in [2.24, 2.45) is 0 Å². The zero-order valence-electron chi connectivity index (χ0n) is 10.1. The van der Waals surface area contributed by atoms with E-state index in [1.807, 2.05) is 6.92 Å². The monoisotopic (exact) mass is 359 g/mol. The van der Waals surface area contributed by atoms with Gasteiger partial charge in [-0.15, -0.1) is 22.7 Å². The van der Waals surface area contributed by atoms with Crippen LogP contribution in [0.15, 0.2) is 15.9 Å². The Hall–Kier alpha value is -1.18. The van der Waals surface area contributed by atoms with E-state index in [0.29, 0.717) is 19.9 Å². The summed E-state index contributed by atoms with van der Waals surface area (Å²) in [6, 6.07) is 1.78. The van der Waals surface area contributed by atoms with Gasteiger partial charge in [-0.2, -0.15) is 0 Å². The molecule has 0 atom stereocenters. The van der Waals surface area contributed by atoms with Gasteiger partial charge in [0.1, 0.15) is 9.88 Å². The number of rotatable bonds is 3. The van der Waals surface area contributed by atoms with Crippen LogP contribution in [-0.4, -0.2) is 17.0 Å². The topological polar surface area (TPSA) is 66.4 Å². The van der Waals surface area contributed by atoms with Gasteiger partial charge in [-0.05, 0) is 46.8 Å². The molecule has 0 aromatic carbocycles. The number of aryl methyl sites for hydroxylation is 1. The van der Waals surface area contributed by atoms with Crippen molar-refractivity contribution in [3.05, 3.63) is 36.8 Å². The van der Waals surface area contributed by atoms with E-state index < -0.39 is 5.97 Å². The molecular weight excluding hydrogens is 350 g/mol. The maximum absolute atomic E-state index is 12.1. The van der Waals surface area contributed by atoms with Crippen LogP contribution in [-0.2, 0) is 0 Å². The Balaban J connectivity index is 2.35. The Kier molecular flexibility index (Phi) is 4.07. The molecule has 7 heteroatoms. The van der Waals surface area contributed by atoms with Crippen LogP contribution in [0.2, 0.25) is 0 Å². The van der Waals surface area contributed by atoms with Gasteiger partial charge in [-0.25, -0.2) is 4.79 Å². The first-order valence-corrected chi connectivity index (χ1v) is 7.78. The predicted octanol–water partition coefficient (Wildman–Crippen LogP) is 4.14. The van der Waals surface area contributed by atoms with E-state index in [9.17, 15) is 14.7 Å². The number of hydrogen-bond acceptors (Lipinski definition) is 4. The number of carbonyl (C=O) groups excluding carboxylic acids is 1. The van der Waals surface area contributed by atoms with Gasteiger partial charge < -0.3 is 10.4 Å². The lowest BCUT2D eigenvalue weighted by Crippen LogP contribution is -2.12. The second-order valence-electron chi connectivity index (χ2n) is 3.84. The highest BCUT2D eigenvalue weighted by atomic mass is 79.9. The van der Waals surface area contributed by atoms with E-state index in [1.54, 1.807) is 18.4 Å². The standard InChI is InChI=1S/C12H10BrNO3S2/c1-5-6(2)19-11(8(5)12(16)17)14-10(15)9-7(13)3-4-18-9/h3-4H,1-2H3,(H,14,15)(H,16,17). The number of aromatic carboxylic acids is 1. The minimum absolute atomic E-state index is 0.170. The summed E-state index contributed by atoms with van der Waals surface area (Å²) in [4.78, 5) is 24.7. The van der Waals surface area contributed by atoms with Crippen LogP contribution >= 0.6 is 38.6 Å². The van der Waals surface area contributed by atoms with Crippen LogP contribution in [0.25, 0.3) is 0 Å². The molecule has 2 aromatic rings. The molecule has 1 amide bonds. The second kappa shape index (κ2) is 5.44. The van der Waals surface area contributed by atoms with Crippen molar-refractivity contribution in [2.75, 3.05) is 5.32 Å². The fourth-order valence-electron chi connectivity index (χ4n) is 1.59. The average Bonchev–Trinajstić information content (AvgIpc) is 2.84. The average molecular weight is 360 g/mol. The fourth-order valence-corrected chi connectivity index (χ4v) is 4.08. The molecule has 0 aliphatic carbocycles. The van der Waals surface area contributed by atoms with E-state index in [4.69, 9.17) is 0 Å². The summed E-state index contributed by atoms with van der Waals surface area (Å²) in [7, 11) is 0. The van der Waals surface area contributed by atoms with E-state index in [2.05, 4.69) is 21.2 Å². The first kappa shape index (κ1) is 14.2. The van der Waals surface area contributed by atoms with Gasteiger partial charge in [0.05, 0.1) is 5.56 Å². The first-order chi connectivity index (χ1) is 8.91. The number of thiophene rings is 2. The van der Waals surface area contributed by atoms with Gasteiger partial charge in [-0.1, -0.05) is 0 Å². The third kappa shape index (κ3) is 2.72. The molecule has 2 heterocycles. The molecule has 2 aromatic heterocycles. The summed E-state index contributed by atoms with van der Waals surface area (Å²) in [6.45, 7) is 3.58. The number of carboxylic acids is 1. The van der Waals surface area contributed by atoms with Crippen LogP contribution < -0.4 is 5.32 Å². The molecule has 0 bridgehead atoms. The van der Waals surface area contributed by atoms with Crippen molar-refractivity contribution in [3.8, 4) is 0 Å². The number of hydrogen-bond donors (Lipinski definition) is 2. The normalized spacial score (nSPS) is 10.5. The molecule has 0 aliphatic rings. The molecule has 2 rings (SSSR count). The summed E-state index contributed by atoms with van der Waals surface area (Å²) < 4.78 is 0.705. The van der Waals surface area contributed by atoms with Crippen molar-refractivity contribution in [1.82, 2.24) is 0 Å². The zero-order valence-corrected chi connectivity index (χ0v) is 13.3. The predicted molar refractivity (Wildman–Crippen MR) is 80.7 cm³/mol. The van der Waals surface area contributed by atoms with E-state index >= 15 is 0 Å². The number of amides is 1. The smallest absolute Gasteiger partial charge is 0.338 e. The third-order valence-electron chi connectivity index (χ3n) is 2.65. The molecule has 2 N–H and O–H groups in total. The fraction of sp³-hybridized carbons (Fsp3) is 0.167. The van der Waals surface area contributed by atoms with Crippen molar-refractivity contribution < 1.29 is 14.7 Å². The summed E-state index contributed by atoms with van der Waals surface area (Å²) >= 11 is 5.86. The molecule has 0 saturated heterocycles. The van der Waals surface area contributed by atoms with Crippen molar-refractivity contribution >= 4 is 55.5 Å². The van der Waals surface area contributed by atoms with Crippen LogP contribution in [0.1, 0.15) is 30.5 Å². The lowest BCUT2D eigenvalue weighted by atomic mass is 10.1. The summed E-state index contributed by atoms with van der Waals surface area (Å²) in [5, 5.41) is 14.1. The quantitative estimate of drug-likeness (QED) is 0.865. The number of carboxylic acid groups (broad SMARTS) is 1. The molecule has 4 nitrogen and oxygen atoms in total. The summed E-state index contributed by atoms with van der Waals surface area (Å²) in [5.41, 5.74) is 0.863. The van der Waals surface area contributed by atoms with Crippen LogP contribution in [0.3, 0.4) is 0 Å². The Morgan fingerprint density at radius 2 is 2.05 bits per heavy atom. The molecular formula is C12H10BrNO3S2. The number of halogens is 1. The van der Waals surface area contributed by atoms with E-state index in [-0.39, 0.29) is 11.5 Å².